The Bertz CT molecular complexity index is 718. The minimum Gasteiger partial charge on any atom is -0.478 e. The molecule has 0 amide bonds. The molecule has 2 aromatic carbocycles. The summed E-state index contributed by atoms with van der Waals surface area (Å²) in [5, 5.41) is 8.88. The van der Waals surface area contributed by atoms with Gasteiger partial charge in [0.1, 0.15) is 5.75 Å². The Labute approximate surface area is 125 Å². The number of aromatic carboxylic acids is 1. The van der Waals surface area contributed by atoms with Gasteiger partial charge < -0.3 is 14.6 Å². The minimum absolute atomic E-state index is 0.0198. The minimum atomic E-state index is -1.11. The number of carbonyl (C=O) groups is 3. The van der Waals surface area contributed by atoms with E-state index >= 15 is 0 Å². The molecule has 112 valence electrons. The topological polar surface area (TPSA) is 89.9 Å². The van der Waals surface area contributed by atoms with Crippen LogP contribution in [-0.4, -0.2) is 30.1 Å². The first-order valence-electron chi connectivity index (χ1n) is 6.25. The van der Waals surface area contributed by atoms with Crippen molar-refractivity contribution in [1.29, 1.82) is 0 Å². The van der Waals surface area contributed by atoms with E-state index in [1.54, 1.807) is 0 Å². The molecule has 0 fully saturated rings. The maximum atomic E-state index is 12.0. The summed E-state index contributed by atoms with van der Waals surface area (Å²) >= 11 is 0. The number of hydrogen-bond acceptors (Lipinski definition) is 5. The second kappa shape index (κ2) is 6.53. The van der Waals surface area contributed by atoms with Crippen molar-refractivity contribution in [2.75, 3.05) is 7.11 Å². The third kappa shape index (κ3) is 3.49. The zero-order chi connectivity index (χ0) is 16.1. The largest absolute Gasteiger partial charge is 0.478 e. The fourth-order valence-corrected chi connectivity index (χ4v) is 1.72. The lowest BCUT2D eigenvalue weighted by Gasteiger charge is -2.06. The maximum Gasteiger partial charge on any atom is 0.343 e. The van der Waals surface area contributed by atoms with Gasteiger partial charge in [0.25, 0.3) is 0 Å². The Morgan fingerprint density at radius 1 is 0.864 bits per heavy atom. The normalized spacial score (nSPS) is 9.86. The van der Waals surface area contributed by atoms with Gasteiger partial charge in [-0.15, -0.1) is 0 Å². The standard InChI is InChI=1S/C16H12O6/c1-21-15(19)10-5-7-11(8-6-10)16(20)22-13-4-2-3-12(9-13)14(17)18/h2-9H,1H3,(H,17,18). The molecule has 0 aliphatic rings. The summed E-state index contributed by atoms with van der Waals surface area (Å²) in [6, 6.07) is 11.3. The molecule has 6 heteroatoms. The van der Waals surface area contributed by atoms with Crippen LogP contribution in [0.25, 0.3) is 0 Å². The van der Waals surface area contributed by atoms with Gasteiger partial charge in [-0.2, -0.15) is 0 Å². The molecule has 0 aliphatic carbocycles. The lowest BCUT2D eigenvalue weighted by atomic mass is 10.1. The van der Waals surface area contributed by atoms with Gasteiger partial charge in [-0.25, -0.2) is 14.4 Å². The number of hydrogen-bond donors (Lipinski definition) is 1. The lowest BCUT2D eigenvalue weighted by molar-refractivity contribution is 0.0598. The summed E-state index contributed by atoms with van der Waals surface area (Å²) in [6.07, 6.45) is 0. The monoisotopic (exact) mass is 300 g/mol. The van der Waals surface area contributed by atoms with Crippen LogP contribution in [0.3, 0.4) is 0 Å². The summed E-state index contributed by atoms with van der Waals surface area (Å²) in [5.74, 6) is -2.14. The van der Waals surface area contributed by atoms with E-state index in [2.05, 4.69) is 4.74 Å². The number of ether oxygens (including phenoxy) is 2. The third-order valence-electron chi connectivity index (χ3n) is 2.83. The molecule has 2 rings (SSSR count). The van der Waals surface area contributed by atoms with Gasteiger partial charge in [-0.1, -0.05) is 6.07 Å². The predicted molar refractivity (Wildman–Crippen MR) is 76.1 cm³/mol. The van der Waals surface area contributed by atoms with Gasteiger partial charge in [0.2, 0.25) is 0 Å². The van der Waals surface area contributed by atoms with Crippen molar-refractivity contribution in [3.63, 3.8) is 0 Å². The van der Waals surface area contributed by atoms with Crippen LogP contribution in [-0.2, 0) is 4.74 Å². The molecule has 0 aromatic heterocycles. The second-order valence-electron chi connectivity index (χ2n) is 4.29. The van der Waals surface area contributed by atoms with Crippen molar-refractivity contribution in [2.45, 2.75) is 0 Å². The Kier molecular flexibility index (Phi) is 4.53. The van der Waals surface area contributed by atoms with Crippen LogP contribution >= 0.6 is 0 Å². The van der Waals surface area contributed by atoms with Gasteiger partial charge in [-0.3, -0.25) is 0 Å². The SMILES string of the molecule is COC(=O)c1ccc(C(=O)Oc2cccc(C(=O)O)c2)cc1. The highest BCUT2D eigenvalue weighted by atomic mass is 16.5. The average Bonchev–Trinajstić information content (AvgIpc) is 2.54. The Hall–Kier alpha value is -3.15. The van der Waals surface area contributed by atoms with Crippen LogP contribution in [0.2, 0.25) is 0 Å². The molecule has 0 bridgehead atoms. The molecule has 2 aromatic rings. The molecule has 0 atom stereocenters. The Morgan fingerprint density at radius 3 is 2.00 bits per heavy atom. The first-order valence-corrected chi connectivity index (χ1v) is 6.25. The van der Waals surface area contributed by atoms with Gasteiger partial charge >= 0.3 is 17.9 Å². The van der Waals surface area contributed by atoms with E-state index in [0.717, 1.165) is 0 Å². The van der Waals surface area contributed by atoms with Crippen molar-refractivity contribution in [2.24, 2.45) is 0 Å². The summed E-state index contributed by atoms with van der Waals surface area (Å²) in [6.45, 7) is 0. The Balaban J connectivity index is 2.13. The Morgan fingerprint density at radius 2 is 1.45 bits per heavy atom. The van der Waals surface area contributed by atoms with Crippen LogP contribution in [0.1, 0.15) is 31.1 Å². The second-order valence-corrected chi connectivity index (χ2v) is 4.29. The van der Waals surface area contributed by atoms with Crippen LogP contribution in [0.15, 0.2) is 48.5 Å². The third-order valence-corrected chi connectivity index (χ3v) is 2.83. The van der Waals surface area contributed by atoms with E-state index in [9.17, 15) is 14.4 Å². The molecule has 0 saturated heterocycles. The molecular formula is C16H12O6. The number of benzene rings is 2. The molecular weight excluding hydrogens is 288 g/mol. The van der Waals surface area contributed by atoms with Crippen molar-refractivity contribution in [1.82, 2.24) is 0 Å². The molecule has 1 N–H and O–H groups in total. The van der Waals surface area contributed by atoms with Gasteiger partial charge in [0.05, 0.1) is 23.8 Å². The van der Waals surface area contributed by atoms with Crippen LogP contribution in [0.5, 0.6) is 5.75 Å². The summed E-state index contributed by atoms with van der Waals surface area (Å²) in [5.41, 5.74) is 0.562. The molecule has 0 heterocycles. The van der Waals surface area contributed by atoms with Crippen molar-refractivity contribution < 1.29 is 29.0 Å². The molecule has 0 aliphatic heterocycles. The van der Waals surface area contributed by atoms with E-state index in [4.69, 9.17) is 9.84 Å². The van der Waals surface area contributed by atoms with Crippen molar-refractivity contribution >= 4 is 17.9 Å². The van der Waals surface area contributed by atoms with Gasteiger partial charge in [0, 0.05) is 0 Å². The highest BCUT2D eigenvalue weighted by Crippen LogP contribution is 2.16. The highest BCUT2D eigenvalue weighted by molar-refractivity contribution is 5.94. The summed E-state index contributed by atoms with van der Waals surface area (Å²) < 4.78 is 9.66. The van der Waals surface area contributed by atoms with E-state index in [-0.39, 0.29) is 16.9 Å². The van der Waals surface area contributed by atoms with Crippen molar-refractivity contribution in [3.05, 3.63) is 65.2 Å². The smallest absolute Gasteiger partial charge is 0.343 e. The number of esters is 2. The number of carbonyl (C=O) groups excluding carboxylic acids is 2. The maximum absolute atomic E-state index is 12.0. The summed E-state index contributed by atoms with van der Waals surface area (Å²) in [7, 11) is 1.26. The first-order chi connectivity index (χ1) is 10.5. The number of carboxylic acid groups (broad SMARTS) is 1. The molecule has 0 unspecified atom stereocenters. The fourth-order valence-electron chi connectivity index (χ4n) is 1.72. The van der Waals surface area contributed by atoms with E-state index in [1.807, 2.05) is 0 Å². The van der Waals surface area contributed by atoms with Gasteiger partial charge in [0.15, 0.2) is 0 Å². The summed E-state index contributed by atoms with van der Waals surface area (Å²) in [4.78, 5) is 34.1. The van der Waals surface area contributed by atoms with E-state index in [1.165, 1.54) is 55.6 Å². The number of rotatable bonds is 4. The molecule has 0 radical (unpaired) electrons. The molecule has 6 nitrogen and oxygen atoms in total. The van der Waals surface area contributed by atoms with Crippen molar-refractivity contribution in [3.8, 4) is 5.75 Å². The molecule has 0 spiro atoms. The highest BCUT2D eigenvalue weighted by Gasteiger charge is 2.12. The van der Waals surface area contributed by atoms with Crippen LogP contribution in [0, 0.1) is 0 Å². The number of carboxylic acids is 1. The predicted octanol–water partition coefficient (Wildman–Crippen LogP) is 2.39. The van der Waals surface area contributed by atoms with Crippen LogP contribution < -0.4 is 4.74 Å². The van der Waals surface area contributed by atoms with Crippen LogP contribution in [0.4, 0.5) is 0 Å². The van der Waals surface area contributed by atoms with E-state index in [0.29, 0.717) is 5.56 Å². The molecule has 0 saturated carbocycles. The molecule has 22 heavy (non-hydrogen) atoms. The first kappa shape index (κ1) is 15.2. The average molecular weight is 300 g/mol. The number of methoxy groups -OCH3 is 1. The quantitative estimate of drug-likeness (QED) is 0.688. The zero-order valence-electron chi connectivity index (χ0n) is 11.6. The van der Waals surface area contributed by atoms with E-state index < -0.39 is 17.9 Å². The fraction of sp³-hybridized carbons (Fsp3) is 0.0625. The lowest BCUT2D eigenvalue weighted by Crippen LogP contribution is -2.10. The zero-order valence-corrected chi connectivity index (χ0v) is 11.6. The van der Waals surface area contributed by atoms with Gasteiger partial charge in [-0.05, 0) is 42.5 Å².